The van der Waals surface area contributed by atoms with Gasteiger partial charge in [-0.2, -0.15) is 5.10 Å². The number of hydrogen-bond acceptors (Lipinski definition) is 3. The van der Waals surface area contributed by atoms with Crippen LogP contribution >= 0.6 is 0 Å². The second-order valence-electron chi connectivity index (χ2n) is 8.19. The van der Waals surface area contributed by atoms with E-state index in [1.54, 1.807) is 6.21 Å². The molecule has 0 saturated carbocycles. The summed E-state index contributed by atoms with van der Waals surface area (Å²) in [5.41, 5.74) is 5.21. The number of benzene rings is 3. The number of carbonyl (C=O) groups is 1. The van der Waals surface area contributed by atoms with Crippen molar-refractivity contribution in [1.29, 1.82) is 0 Å². The van der Waals surface area contributed by atoms with Crippen molar-refractivity contribution in [1.82, 2.24) is 5.01 Å². The number of β-lactam (4-membered cyclic amide) rings is 1. The molecule has 0 aliphatic carbocycles. The molecule has 1 heterocycles. The summed E-state index contributed by atoms with van der Waals surface area (Å²) in [5, 5.41) is 6.06. The Kier molecular flexibility index (Phi) is 7.28. The highest BCUT2D eigenvalue weighted by Gasteiger charge is 2.49. The van der Waals surface area contributed by atoms with Crippen molar-refractivity contribution in [2.75, 3.05) is 0 Å². The number of nitrogens with zero attached hydrogens (tertiary/aromatic N) is 2. The zero-order valence-corrected chi connectivity index (χ0v) is 19.0. The van der Waals surface area contributed by atoms with Gasteiger partial charge in [0.15, 0.2) is 6.10 Å². The Labute approximate surface area is 195 Å². The highest BCUT2D eigenvalue weighted by atomic mass is 16.5. The molecule has 0 unspecified atom stereocenters. The molecule has 0 N–H and O–H groups in total. The van der Waals surface area contributed by atoms with Crippen LogP contribution in [0, 0.1) is 0 Å². The van der Waals surface area contributed by atoms with E-state index >= 15 is 0 Å². The van der Waals surface area contributed by atoms with Gasteiger partial charge in [-0.05, 0) is 41.7 Å². The van der Waals surface area contributed by atoms with E-state index < -0.39 is 6.10 Å². The summed E-state index contributed by atoms with van der Waals surface area (Å²) >= 11 is 0. The maximum absolute atomic E-state index is 13.0. The highest BCUT2D eigenvalue weighted by molar-refractivity contribution is 5.92. The van der Waals surface area contributed by atoms with Gasteiger partial charge in [0.2, 0.25) is 0 Å². The first-order valence-electron chi connectivity index (χ1n) is 11.1. The van der Waals surface area contributed by atoms with Crippen molar-refractivity contribution in [3.8, 4) is 0 Å². The molecule has 0 radical (unpaired) electrons. The van der Waals surface area contributed by atoms with E-state index in [1.807, 2.05) is 111 Å². The molecule has 0 bridgehead atoms. The third kappa shape index (κ3) is 5.73. The second-order valence-corrected chi connectivity index (χ2v) is 8.19. The summed E-state index contributed by atoms with van der Waals surface area (Å²) < 4.78 is 6.06. The minimum atomic E-state index is -0.555. The number of amides is 1. The van der Waals surface area contributed by atoms with Crippen molar-refractivity contribution in [2.45, 2.75) is 32.6 Å². The molecule has 1 amide bonds. The maximum Gasteiger partial charge on any atom is 0.275 e. The maximum atomic E-state index is 13.0. The fourth-order valence-corrected chi connectivity index (χ4v) is 3.83. The fraction of sp³-hybridized carbons (Fsp3) is 0.172. The first kappa shape index (κ1) is 22.4. The summed E-state index contributed by atoms with van der Waals surface area (Å²) in [4.78, 5) is 13.0. The zero-order valence-electron chi connectivity index (χ0n) is 19.0. The van der Waals surface area contributed by atoms with Crippen LogP contribution in [-0.2, 0) is 16.1 Å². The molecule has 3 aromatic rings. The topological polar surface area (TPSA) is 41.9 Å². The molecule has 1 saturated heterocycles. The standard InChI is InChI=1S/C29H28N2O2/c1-22(18-24-12-6-3-7-13-24)20-30-31-27(23(2)19-25-14-8-4-9-15-25)28(29(31)32)33-21-26-16-10-5-11-17-26/h3-20,27-28H,21H2,1-2H3/b22-18+,23-19+,30-20-/t27-,28+/m1/s1. The first-order chi connectivity index (χ1) is 16.1. The number of hydrazone groups is 1. The highest BCUT2D eigenvalue weighted by Crippen LogP contribution is 2.31. The van der Waals surface area contributed by atoms with Gasteiger partial charge < -0.3 is 4.74 Å². The fourth-order valence-electron chi connectivity index (χ4n) is 3.83. The van der Waals surface area contributed by atoms with Gasteiger partial charge in [0.25, 0.3) is 5.91 Å². The van der Waals surface area contributed by atoms with E-state index in [0.717, 1.165) is 27.8 Å². The average molecular weight is 437 g/mol. The summed E-state index contributed by atoms with van der Waals surface area (Å²) in [6, 6.07) is 29.8. The van der Waals surface area contributed by atoms with Gasteiger partial charge in [-0.15, -0.1) is 0 Å². The van der Waals surface area contributed by atoms with Crippen LogP contribution in [0.25, 0.3) is 12.2 Å². The monoisotopic (exact) mass is 436 g/mol. The van der Waals surface area contributed by atoms with E-state index in [0.29, 0.717) is 6.61 Å². The molecule has 1 aliphatic heterocycles. The van der Waals surface area contributed by atoms with Gasteiger partial charge in [-0.1, -0.05) is 103 Å². The third-order valence-electron chi connectivity index (χ3n) is 5.53. The molecule has 33 heavy (non-hydrogen) atoms. The number of hydrogen-bond donors (Lipinski definition) is 0. The second kappa shape index (κ2) is 10.7. The predicted octanol–water partition coefficient (Wildman–Crippen LogP) is 5.98. The van der Waals surface area contributed by atoms with Crippen molar-refractivity contribution < 1.29 is 9.53 Å². The van der Waals surface area contributed by atoms with Gasteiger partial charge in [0.05, 0.1) is 12.8 Å². The number of ether oxygens (including phenoxy) is 1. The average Bonchev–Trinajstić information content (AvgIpc) is 2.84. The van der Waals surface area contributed by atoms with Gasteiger partial charge >= 0.3 is 0 Å². The van der Waals surface area contributed by atoms with Crippen molar-refractivity contribution in [3.63, 3.8) is 0 Å². The number of rotatable bonds is 8. The molecule has 0 spiro atoms. The lowest BCUT2D eigenvalue weighted by Gasteiger charge is -2.43. The summed E-state index contributed by atoms with van der Waals surface area (Å²) in [5.74, 6) is -0.125. The SMILES string of the molecule is CC(/C=N\N1C(=O)[C@@H](OCc2ccccc2)[C@H]1/C(C)=C/c1ccccc1)=C\c1ccccc1. The Morgan fingerprint density at radius 2 is 1.39 bits per heavy atom. The molecule has 0 aromatic heterocycles. The predicted molar refractivity (Wildman–Crippen MR) is 134 cm³/mol. The molecule has 1 fully saturated rings. The number of carbonyl (C=O) groups excluding carboxylic acids is 1. The normalized spacial score (nSPS) is 19.1. The van der Waals surface area contributed by atoms with Gasteiger partial charge in [-0.3, -0.25) is 4.79 Å². The van der Waals surface area contributed by atoms with Crippen LogP contribution in [0.3, 0.4) is 0 Å². The lowest BCUT2D eigenvalue weighted by molar-refractivity contribution is -0.171. The molecule has 2 atom stereocenters. The molecule has 166 valence electrons. The zero-order chi connectivity index (χ0) is 23.0. The van der Waals surface area contributed by atoms with Crippen LogP contribution in [0.2, 0.25) is 0 Å². The van der Waals surface area contributed by atoms with Crippen LogP contribution < -0.4 is 0 Å². The summed E-state index contributed by atoms with van der Waals surface area (Å²) in [6.45, 7) is 4.39. The van der Waals surface area contributed by atoms with Crippen LogP contribution in [0.15, 0.2) is 107 Å². The quantitative estimate of drug-likeness (QED) is 0.322. The minimum Gasteiger partial charge on any atom is -0.361 e. The van der Waals surface area contributed by atoms with Crippen molar-refractivity contribution in [2.24, 2.45) is 5.10 Å². The van der Waals surface area contributed by atoms with E-state index in [-0.39, 0.29) is 11.9 Å². The Balaban J connectivity index is 1.53. The first-order valence-corrected chi connectivity index (χ1v) is 11.1. The number of allylic oxidation sites excluding steroid dienone is 1. The lowest BCUT2D eigenvalue weighted by Crippen LogP contribution is -2.63. The smallest absolute Gasteiger partial charge is 0.275 e. The molecule has 4 rings (SSSR count). The largest absolute Gasteiger partial charge is 0.361 e. The Morgan fingerprint density at radius 1 is 0.848 bits per heavy atom. The van der Waals surface area contributed by atoms with Crippen LogP contribution in [0.5, 0.6) is 0 Å². The molecule has 4 nitrogen and oxygen atoms in total. The lowest BCUT2D eigenvalue weighted by atomic mass is 9.92. The third-order valence-corrected chi connectivity index (χ3v) is 5.53. The van der Waals surface area contributed by atoms with Gasteiger partial charge in [-0.25, -0.2) is 5.01 Å². The molecule has 3 aromatic carbocycles. The van der Waals surface area contributed by atoms with Crippen LogP contribution in [0.1, 0.15) is 30.5 Å². The van der Waals surface area contributed by atoms with Gasteiger partial charge in [0, 0.05) is 0 Å². The van der Waals surface area contributed by atoms with E-state index in [2.05, 4.69) is 11.2 Å². The molecular formula is C29H28N2O2. The molecular weight excluding hydrogens is 408 g/mol. The van der Waals surface area contributed by atoms with Crippen LogP contribution in [0.4, 0.5) is 0 Å². The molecule has 4 heteroatoms. The Morgan fingerprint density at radius 3 is 2.00 bits per heavy atom. The van der Waals surface area contributed by atoms with Crippen LogP contribution in [-0.4, -0.2) is 29.3 Å². The van der Waals surface area contributed by atoms with Gasteiger partial charge in [0.1, 0.15) is 6.04 Å². The molecule has 1 aliphatic rings. The summed E-state index contributed by atoms with van der Waals surface area (Å²) in [6.07, 6.45) is 5.31. The van der Waals surface area contributed by atoms with Crippen molar-refractivity contribution >= 4 is 24.3 Å². The Hall–Kier alpha value is -3.76. The minimum absolute atomic E-state index is 0.125. The van der Waals surface area contributed by atoms with E-state index in [1.165, 1.54) is 5.01 Å². The Bertz CT molecular complexity index is 1150. The van der Waals surface area contributed by atoms with Crippen molar-refractivity contribution in [3.05, 3.63) is 119 Å². The van der Waals surface area contributed by atoms with E-state index in [9.17, 15) is 4.79 Å². The summed E-state index contributed by atoms with van der Waals surface area (Å²) in [7, 11) is 0. The van der Waals surface area contributed by atoms with E-state index in [4.69, 9.17) is 4.74 Å².